The van der Waals surface area contributed by atoms with Crippen molar-refractivity contribution in [2.75, 3.05) is 19.4 Å². The van der Waals surface area contributed by atoms with Crippen LogP contribution < -0.4 is 15.2 Å². The highest BCUT2D eigenvalue weighted by Crippen LogP contribution is 2.29. The lowest BCUT2D eigenvalue weighted by atomic mass is 10.1. The van der Waals surface area contributed by atoms with Gasteiger partial charge in [0.2, 0.25) is 10.0 Å². The molecule has 5 nitrogen and oxygen atoms in total. The van der Waals surface area contributed by atoms with Crippen LogP contribution in [0.5, 0.6) is 5.75 Å². The second-order valence-electron chi connectivity index (χ2n) is 5.36. The summed E-state index contributed by atoms with van der Waals surface area (Å²) in [6.45, 7) is 0.362. The van der Waals surface area contributed by atoms with Crippen LogP contribution in [0, 0.1) is 11.7 Å². The molecule has 0 unspecified atom stereocenters. The molecule has 0 aliphatic heterocycles. The summed E-state index contributed by atoms with van der Waals surface area (Å²) in [5.74, 6) is -0.334. The molecule has 118 valence electrons. The van der Waals surface area contributed by atoms with Crippen LogP contribution in [0.2, 0.25) is 0 Å². The predicted octanol–water partition coefficient (Wildman–Crippen LogP) is 2.28. The average molecular weight is 316 g/mol. The molecule has 21 heavy (non-hydrogen) atoms. The van der Waals surface area contributed by atoms with E-state index in [-0.39, 0.29) is 16.3 Å². The maximum atomic E-state index is 13.7. The molecule has 2 rings (SSSR count). The SMILES string of the molecule is COc1c(N)cc(S(=O)(=O)NCCC2CCCC2)cc1F. The summed E-state index contributed by atoms with van der Waals surface area (Å²) in [7, 11) is -2.47. The van der Waals surface area contributed by atoms with E-state index in [1.807, 2.05) is 0 Å². The van der Waals surface area contributed by atoms with Gasteiger partial charge in [-0.15, -0.1) is 0 Å². The van der Waals surface area contributed by atoms with Crippen molar-refractivity contribution in [1.29, 1.82) is 0 Å². The fourth-order valence-electron chi connectivity index (χ4n) is 2.74. The molecule has 0 spiro atoms. The first-order valence-corrected chi connectivity index (χ1v) is 8.55. The van der Waals surface area contributed by atoms with Gasteiger partial charge in [-0.1, -0.05) is 25.7 Å². The van der Waals surface area contributed by atoms with Crippen molar-refractivity contribution >= 4 is 15.7 Å². The number of halogens is 1. The van der Waals surface area contributed by atoms with Crippen LogP contribution >= 0.6 is 0 Å². The van der Waals surface area contributed by atoms with E-state index in [0.717, 1.165) is 25.3 Å². The molecule has 1 aromatic carbocycles. The minimum absolute atomic E-state index is 0.0336. The zero-order chi connectivity index (χ0) is 15.5. The van der Waals surface area contributed by atoms with Crippen LogP contribution in [-0.2, 0) is 10.0 Å². The van der Waals surface area contributed by atoms with Gasteiger partial charge in [0.1, 0.15) is 0 Å². The maximum Gasteiger partial charge on any atom is 0.240 e. The number of benzene rings is 1. The topological polar surface area (TPSA) is 81.4 Å². The molecule has 1 aliphatic rings. The molecule has 7 heteroatoms. The monoisotopic (exact) mass is 316 g/mol. The maximum absolute atomic E-state index is 13.7. The van der Waals surface area contributed by atoms with Crippen molar-refractivity contribution in [1.82, 2.24) is 4.72 Å². The minimum atomic E-state index is -3.75. The lowest BCUT2D eigenvalue weighted by Gasteiger charge is -2.12. The number of rotatable bonds is 6. The molecule has 3 N–H and O–H groups in total. The Kier molecular flexibility index (Phi) is 5.05. The van der Waals surface area contributed by atoms with Gasteiger partial charge in [0, 0.05) is 6.54 Å². The Hall–Kier alpha value is -1.34. The van der Waals surface area contributed by atoms with Gasteiger partial charge in [-0.3, -0.25) is 0 Å². The van der Waals surface area contributed by atoms with Gasteiger partial charge < -0.3 is 10.5 Å². The zero-order valence-corrected chi connectivity index (χ0v) is 12.9. The fraction of sp³-hybridized carbons (Fsp3) is 0.571. The summed E-state index contributed by atoms with van der Waals surface area (Å²) in [6, 6.07) is 2.13. The summed E-state index contributed by atoms with van der Waals surface area (Å²) in [6.07, 6.45) is 5.57. The predicted molar refractivity (Wildman–Crippen MR) is 79.1 cm³/mol. The summed E-state index contributed by atoms with van der Waals surface area (Å²) in [5, 5.41) is 0. The molecule has 0 heterocycles. The van der Waals surface area contributed by atoms with Gasteiger partial charge in [-0.05, 0) is 24.5 Å². The van der Waals surface area contributed by atoms with Gasteiger partial charge in [0.15, 0.2) is 11.6 Å². The first-order chi connectivity index (χ1) is 9.94. The number of hydrogen-bond donors (Lipinski definition) is 2. The molecular formula is C14H21FN2O3S. The lowest BCUT2D eigenvalue weighted by molar-refractivity contribution is 0.388. The number of hydrogen-bond acceptors (Lipinski definition) is 4. The van der Waals surface area contributed by atoms with Crippen LogP contribution in [-0.4, -0.2) is 22.1 Å². The molecule has 0 saturated heterocycles. The third-order valence-corrected chi connectivity index (χ3v) is 5.32. The van der Waals surface area contributed by atoms with Crippen LogP contribution in [0.25, 0.3) is 0 Å². The normalized spacial score (nSPS) is 16.3. The van der Waals surface area contributed by atoms with Crippen molar-refractivity contribution in [3.05, 3.63) is 17.9 Å². The van der Waals surface area contributed by atoms with Gasteiger partial charge in [0.05, 0.1) is 17.7 Å². The van der Waals surface area contributed by atoms with E-state index >= 15 is 0 Å². The summed E-state index contributed by atoms with van der Waals surface area (Å²) >= 11 is 0. The highest BCUT2D eigenvalue weighted by molar-refractivity contribution is 7.89. The Morgan fingerprint density at radius 2 is 2.05 bits per heavy atom. The van der Waals surface area contributed by atoms with E-state index in [0.29, 0.717) is 12.5 Å². The molecule has 1 saturated carbocycles. The first-order valence-electron chi connectivity index (χ1n) is 7.06. The van der Waals surface area contributed by atoms with Gasteiger partial charge in [-0.25, -0.2) is 17.5 Å². The van der Waals surface area contributed by atoms with Crippen LogP contribution in [0.15, 0.2) is 17.0 Å². The summed E-state index contributed by atoms with van der Waals surface area (Å²) < 4.78 is 45.3. The molecule has 1 aromatic rings. The Bertz CT molecular complexity index is 575. The van der Waals surface area contributed by atoms with Crippen molar-refractivity contribution in [2.45, 2.75) is 37.0 Å². The zero-order valence-electron chi connectivity index (χ0n) is 12.1. The van der Waals surface area contributed by atoms with Gasteiger partial charge in [-0.2, -0.15) is 0 Å². The Balaban J connectivity index is 2.04. The number of nitrogens with one attached hydrogen (secondary N) is 1. The molecule has 0 amide bonds. The van der Waals surface area contributed by atoms with Gasteiger partial charge in [0.25, 0.3) is 0 Å². The molecule has 0 atom stereocenters. The Labute approximate surface area is 124 Å². The van der Waals surface area contributed by atoms with Crippen LogP contribution in [0.4, 0.5) is 10.1 Å². The highest BCUT2D eigenvalue weighted by Gasteiger charge is 2.20. The molecule has 1 fully saturated rings. The van der Waals surface area contributed by atoms with Gasteiger partial charge >= 0.3 is 0 Å². The van der Waals surface area contributed by atoms with E-state index < -0.39 is 15.8 Å². The third-order valence-electron chi connectivity index (χ3n) is 3.88. The Morgan fingerprint density at radius 3 is 2.62 bits per heavy atom. The van der Waals surface area contributed by atoms with E-state index in [1.54, 1.807) is 0 Å². The number of sulfonamides is 1. The minimum Gasteiger partial charge on any atom is -0.492 e. The quantitative estimate of drug-likeness (QED) is 0.789. The number of nitrogen functional groups attached to an aromatic ring is 1. The Morgan fingerprint density at radius 1 is 1.38 bits per heavy atom. The second-order valence-corrected chi connectivity index (χ2v) is 7.13. The number of nitrogens with two attached hydrogens (primary N) is 1. The molecular weight excluding hydrogens is 295 g/mol. The third kappa shape index (κ3) is 3.85. The van der Waals surface area contributed by atoms with Crippen molar-refractivity contribution < 1.29 is 17.5 Å². The lowest BCUT2D eigenvalue weighted by Crippen LogP contribution is -2.26. The standard InChI is InChI=1S/C14H21FN2O3S/c1-20-14-12(15)8-11(9-13(14)16)21(18,19)17-7-6-10-4-2-3-5-10/h8-10,17H,2-7,16H2,1H3. The van der Waals surface area contributed by atoms with E-state index in [1.165, 1.54) is 26.0 Å². The number of ether oxygens (including phenoxy) is 1. The van der Waals surface area contributed by atoms with Crippen molar-refractivity contribution in [3.8, 4) is 5.75 Å². The second kappa shape index (κ2) is 6.62. The number of anilines is 1. The highest BCUT2D eigenvalue weighted by atomic mass is 32.2. The van der Waals surface area contributed by atoms with E-state index in [2.05, 4.69) is 4.72 Å². The fourth-order valence-corrected chi connectivity index (χ4v) is 3.83. The van der Waals surface area contributed by atoms with E-state index in [4.69, 9.17) is 10.5 Å². The smallest absolute Gasteiger partial charge is 0.240 e. The first kappa shape index (κ1) is 16.0. The van der Waals surface area contributed by atoms with Crippen LogP contribution in [0.3, 0.4) is 0 Å². The van der Waals surface area contributed by atoms with Crippen molar-refractivity contribution in [3.63, 3.8) is 0 Å². The molecule has 0 radical (unpaired) electrons. The summed E-state index contributed by atoms with van der Waals surface area (Å²) in [5.41, 5.74) is 5.57. The molecule has 1 aliphatic carbocycles. The van der Waals surface area contributed by atoms with E-state index in [9.17, 15) is 12.8 Å². The van der Waals surface area contributed by atoms with Crippen LogP contribution in [0.1, 0.15) is 32.1 Å². The summed E-state index contributed by atoms with van der Waals surface area (Å²) in [4.78, 5) is -0.176. The molecule has 0 aromatic heterocycles. The average Bonchev–Trinajstić information content (AvgIpc) is 2.91. The van der Waals surface area contributed by atoms with Crippen molar-refractivity contribution in [2.24, 2.45) is 5.92 Å². The molecule has 0 bridgehead atoms. The number of methoxy groups -OCH3 is 1. The largest absolute Gasteiger partial charge is 0.492 e.